The van der Waals surface area contributed by atoms with E-state index in [-0.39, 0.29) is 73.5 Å². The molecule has 0 aliphatic carbocycles. The molecule has 61 heavy (non-hydrogen) atoms. The maximum Gasteiger partial charge on any atom is 0.314 e. The molecule has 0 fully saturated rings. The summed E-state index contributed by atoms with van der Waals surface area (Å²) in [6, 6.07) is 21.4. The van der Waals surface area contributed by atoms with E-state index in [0.717, 1.165) is 5.56 Å². The molecule has 3 aromatic carbocycles. The number of fused-ring (bicyclic) bond motifs is 2. The lowest BCUT2D eigenvalue weighted by molar-refractivity contribution is -0.552. The van der Waals surface area contributed by atoms with Gasteiger partial charge in [0.15, 0.2) is 6.73 Å². The van der Waals surface area contributed by atoms with Crippen LogP contribution < -0.4 is 12.4 Å². The Labute approximate surface area is 367 Å². The number of rotatable bonds is 12. The van der Waals surface area contributed by atoms with Crippen molar-refractivity contribution in [2.45, 2.75) is 73.0 Å². The number of benzene rings is 3. The van der Waals surface area contributed by atoms with Crippen LogP contribution in [0.3, 0.4) is 0 Å². The van der Waals surface area contributed by atoms with Crippen molar-refractivity contribution in [3.8, 4) is 0 Å². The van der Waals surface area contributed by atoms with Gasteiger partial charge in [-0.3, -0.25) is 48.5 Å². The monoisotopic (exact) mass is 874 g/mol. The number of imide groups is 2. The molecule has 3 aromatic rings. The highest BCUT2D eigenvalue weighted by Crippen LogP contribution is 2.26. The van der Waals surface area contributed by atoms with E-state index in [0.29, 0.717) is 72.8 Å². The zero-order valence-electron chi connectivity index (χ0n) is 35.3. The Morgan fingerprint density at radius 2 is 1.20 bits per heavy atom. The Morgan fingerprint density at radius 1 is 0.721 bits per heavy atom. The number of hydrogen-bond acceptors (Lipinski definition) is 11. The zero-order valence-corrected chi connectivity index (χ0v) is 36.8. The second kappa shape index (κ2) is 19.4. The average Bonchev–Trinajstić information content (AvgIpc) is 3.95. The third-order valence-corrected chi connectivity index (χ3v) is 10.7. The fourth-order valence-electron chi connectivity index (χ4n) is 7.00. The Bertz CT molecular complexity index is 2140. The van der Waals surface area contributed by atoms with E-state index in [1.165, 1.54) is 9.80 Å². The predicted octanol–water partition coefficient (Wildman–Crippen LogP) is 2.73. The SMILES string of the molecule is CC(C)(C)C(=O)OCN1C=NC(CCN2C(=O)c3ccccc3C2=O)C1.CC(C)(C)C(=O)OC[N+]1=CN(Cc2ccc(Cl)cc2)C(CCN2C(=O)c3ccccc3C2=O)C1.[Cl-]. The van der Waals surface area contributed by atoms with E-state index >= 15 is 0 Å². The van der Waals surface area contributed by atoms with E-state index in [4.69, 9.17) is 21.1 Å². The maximum absolute atomic E-state index is 12.8. The zero-order chi connectivity index (χ0) is 43.4. The number of amides is 4. The van der Waals surface area contributed by atoms with Crippen molar-refractivity contribution in [1.82, 2.24) is 19.6 Å². The van der Waals surface area contributed by atoms with Gasteiger partial charge in [0.1, 0.15) is 19.1 Å². The molecule has 0 bridgehead atoms. The van der Waals surface area contributed by atoms with Gasteiger partial charge in [0.25, 0.3) is 23.6 Å². The number of nitrogens with zero attached hydrogens (tertiary/aromatic N) is 6. The number of carbonyl (C=O) groups is 6. The molecule has 0 saturated carbocycles. The molecular weight excluding hydrogens is 823 g/mol. The molecule has 0 radical (unpaired) electrons. The summed E-state index contributed by atoms with van der Waals surface area (Å²) >= 11 is 6.03. The molecule has 0 spiro atoms. The molecule has 2 atom stereocenters. The summed E-state index contributed by atoms with van der Waals surface area (Å²) in [7, 11) is 0. The van der Waals surface area contributed by atoms with Crippen LogP contribution in [0.1, 0.15) is 101 Å². The van der Waals surface area contributed by atoms with Crippen LogP contribution in [0, 0.1) is 10.8 Å². The highest BCUT2D eigenvalue weighted by Gasteiger charge is 2.39. The number of carbonyl (C=O) groups excluding carboxylic acids is 6. The lowest BCUT2D eigenvalue weighted by atomic mass is 9.97. The van der Waals surface area contributed by atoms with Gasteiger partial charge in [0.2, 0.25) is 13.1 Å². The first-order chi connectivity index (χ1) is 28.4. The highest BCUT2D eigenvalue weighted by atomic mass is 35.5. The minimum absolute atomic E-state index is 0. The molecule has 0 aromatic heterocycles. The Balaban J connectivity index is 0.000000235. The fourth-order valence-corrected chi connectivity index (χ4v) is 7.13. The smallest absolute Gasteiger partial charge is 0.314 e. The molecule has 14 nitrogen and oxygen atoms in total. The quantitative estimate of drug-likeness (QED) is 0.151. The van der Waals surface area contributed by atoms with Gasteiger partial charge >= 0.3 is 11.9 Å². The minimum atomic E-state index is -0.576. The second-order valence-electron chi connectivity index (χ2n) is 17.3. The Kier molecular flexibility index (Phi) is 14.8. The van der Waals surface area contributed by atoms with Crippen LogP contribution in [-0.2, 0) is 25.6 Å². The van der Waals surface area contributed by atoms with Gasteiger partial charge in [0, 0.05) is 31.1 Å². The molecule has 7 rings (SSSR count). The summed E-state index contributed by atoms with van der Waals surface area (Å²) < 4.78 is 12.7. The lowest BCUT2D eigenvalue weighted by Gasteiger charge is -2.21. The predicted molar refractivity (Wildman–Crippen MR) is 225 cm³/mol. The van der Waals surface area contributed by atoms with E-state index in [1.807, 2.05) is 60.9 Å². The van der Waals surface area contributed by atoms with Crippen LogP contribution in [0.15, 0.2) is 77.8 Å². The van der Waals surface area contributed by atoms with Crippen molar-refractivity contribution < 1.29 is 55.2 Å². The summed E-state index contributed by atoms with van der Waals surface area (Å²) in [6.07, 6.45) is 4.78. The average molecular weight is 876 g/mol. The third-order valence-electron chi connectivity index (χ3n) is 10.5. The Hall–Kier alpha value is -5.60. The van der Waals surface area contributed by atoms with Gasteiger partial charge in [-0.05, 0) is 89.9 Å². The van der Waals surface area contributed by atoms with Crippen LogP contribution >= 0.6 is 11.6 Å². The van der Waals surface area contributed by atoms with Gasteiger partial charge in [-0.1, -0.05) is 48.0 Å². The first kappa shape index (κ1) is 46.5. The van der Waals surface area contributed by atoms with Crippen LogP contribution in [-0.4, -0.2) is 124 Å². The summed E-state index contributed by atoms with van der Waals surface area (Å²) in [5.41, 5.74) is 1.81. The number of halogens is 2. The molecule has 4 heterocycles. The molecule has 2 unspecified atom stereocenters. The minimum Gasteiger partial charge on any atom is -1.00 e. The molecule has 0 saturated heterocycles. The van der Waals surface area contributed by atoms with Crippen molar-refractivity contribution in [1.29, 1.82) is 0 Å². The van der Waals surface area contributed by atoms with Crippen molar-refractivity contribution in [2.24, 2.45) is 15.8 Å². The van der Waals surface area contributed by atoms with E-state index < -0.39 is 10.8 Å². The molecule has 4 aliphatic rings. The standard InChI is InChI=1S/C26H29ClN3O4.C19H23N3O4.ClH/c1-26(2,3)25(33)34-17-28-15-20(29(16-28)14-18-8-10-19(27)11-9-18)12-13-30-23(31)21-6-4-5-7-22(21)24(30)32;1-19(2,3)18(25)26-12-21-10-13(20-11-21)8-9-22-16(23)14-6-4-5-7-15(14)17(22)24;/h4-11,16,20H,12-15,17H2,1-3H3;4-7,11,13H,8-10,12H2,1-3H3;1H/q+1;;/p-1. The van der Waals surface area contributed by atoms with Crippen molar-refractivity contribution in [3.63, 3.8) is 0 Å². The maximum atomic E-state index is 12.8. The molecule has 16 heteroatoms. The van der Waals surface area contributed by atoms with Crippen molar-refractivity contribution >= 4 is 59.8 Å². The van der Waals surface area contributed by atoms with Crippen LogP contribution in [0.4, 0.5) is 0 Å². The van der Waals surface area contributed by atoms with E-state index in [1.54, 1.807) is 75.6 Å². The van der Waals surface area contributed by atoms with E-state index in [9.17, 15) is 28.8 Å². The number of hydrogen-bond donors (Lipinski definition) is 0. The first-order valence-corrected chi connectivity index (χ1v) is 20.4. The summed E-state index contributed by atoms with van der Waals surface area (Å²) in [6.45, 7) is 13.7. The van der Waals surface area contributed by atoms with Crippen molar-refractivity contribution in [3.05, 3.63) is 106 Å². The van der Waals surface area contributed by atoms with E-state index in [2.05, 4.69) is 9.89 Å². The van der Waals surface area contributed by atoms with Gasteiger partial charge < -0.3 is 26.8 Å². The molecule has 4 amide bonds. The lowest BCUT2D eigenvalue weighted by Crippen LogP contribution is -3.00. The first-order valence-electron chi connectivity index (χ1n) is 20.0. The summed E-state index contributed by atoms with van der Waals surface area (Å²) in [4.78, 5) is 85.2. The van der Waals surface area contributed by atoms with Crippen LogP contribution in [0.25, 0.3) is 0 Å². The van der Waals surface area contributed by atoms with Gasteiger partial charge in [-0.15, -0.1) is 0 Å². The number of esters is 2. The Morgan fingerprint density at radius 3 is 1.69 bits per heavy atom. The molecular formula is C45H52Cl2N6O8. The molecule has 4 aliphatic heterocycles. The normalized spacial score (nSPS) is 18.1. The number of ether oxygens (including phenoxy) is 2. The van der Waals surface area contributed by atoms with Crippen LogP contribution in [0.5, 0.6) is 0 Å². The molecule has 324 valence electrons. The largest absolute Gasteiger partial charge is 1.00 e. The fraction of sp³-hybridized carbons (Fsp3) is 0.422. The summed E-state index contributed by atoms with van der Waals surface area (Å²) in [5.74, 6) is -1.52. The van der Waals surface area contributed by atoms with Gasteiger partial charge in [-0.2, -0.15) is 0 Å². The van der Waals surface area contributed by atoms with Gasteiger partial charge in [-0.25, -0.2) is 4.58 Å². The van der Waals surface area contributed by atoms with Gasteiger partial charge in [0.05, 0.1) is 45.5 Å². The third kappa shape index (κ3) is 11.2. The number of aliphatic imine (C=N–C) groups is 1. The highest BCUT2D eigenvalue weighted by molar-refractivity contribution is 6.30. The van der Waals surface area contributed by atoms with Crippen LogP contribution in [0.2, 0.25) is 5.02 Å². The molecule has 0 N–H and O–H groups in total. The topological polar surface area (TPSA) is 149 Å². The second-order valence-corrected chi connectivity index (χ2v) is 17.8. The van der Waals surface area contributed by atoms with Crippen molar-refractivity contribution in [2.75, 3.05) is 39.6 Å². The summed E-state index contributed by atoms with van der Waals surface area (Å²) in [5, 5.41) is 0.673.